The number of benzene rings is 2. The van der Waals surface area contributed by atoms with Crippen LogP contribution in [0.1, 0.15) is 31.8 Å². The van der Waals surface area contributed by atoms with E-state index in [-0.39, 0.29) is 5.97 Å². The van der Waals surface area contributed by atoms with E-state index in [9.17, 15) is 9.59 Å². The van der Waals surface area contributed by atoms with Crippen LogP contribution in [0.5, 0.6) is 0 Å². The molecular formula is C18H22Br2O9S. The van der Waals surface area contributed by atoms with Gasteiger partial charge >= 0.3 is 22.3 Å². The Morgan fingerprint density at radius 1 is 0.867 bits per heavy atom. The first-order valence-electron chi connectivity index (χ1n) is 7.74. The molecule has 2 aromatic carbocycles. The maximum atomic E-state index is 11.1. The number of hydrogen-bond acceptors (Lipinski definition) is 6. The van der Waals surface area contributed by atoms with Crippen LogP contribution in [0, 0.1) is 13.8 Å². The van der Waals surface area contributed by atoms with Crippen LogP contribution in [0.25, 0.3) is 0 Å². The monoisotopic (exact) mass is 572 g/mol. The van der Waals surface area contributed by atoms with Crippen molar-refractivity contribution in [1.29, 1.82) is 0 Å². The van der Waals surface area contributed by atoms with Crippen LogP contribution in [0.4, 0.5) is 0 Å². The van der Waals surface area contributed by atoms with Gasteiger partial charge in [-0.05, 0) is 81.1 Å². The molecule has 0 aliphatic carbocycles. The zero-order valence-electron chi connectivity index (χ0n) is 16.5. The fraction of sp³-hybridized carbons (Fsp3) is 0.222. The number of esters is 1. The molecule has 0 atom stereocenters. The van der Waals surface area contributed by atoms with E-state index in [1.54, 1.807) is 24.3 Å². The zero-order chi connectivity index (χ0) is 24.1. The summed E-state index contributed by atoms with van der Waals surface area (Å²) in [6, 6.07) is 10.6. The molecule has 0 saturated carbocycles. The highest BCUT2D eigenvalue weighted by atomic mass is 79.9. The number of rotatable bonds is 2. The Bertz CT molecular complexity index is 937. The molecule has 0 saturated heterocycles. The van der Waals surface area contributed by atoms with Crippen LogP contribution in [-0.2, 0) is 15.1 Å². The minimum Gasteiger partial charge on any atom is -0.478 e. The van der Waals surface area contributed by atoms with Gasteiger partial charge in [0, 0.05) is 16.1 Å². The van der Waals surface area contributed by atoms with Crippen molar-refractivity contribution in [3.63, 3.8) is 0 Å². The molecule has 0 radical (unpaired) electrons. The van der Waals surface area contributed by atoms with Crippen LogP contribution < -0.4 is 0 Å². The number of halogens is 2. The molecule has 30 heavy (non-hydrogen) atoms. The Morgan fingerprint density at radius 2 is 1.20 bits per heavy atom. The fourth-order valence-electron chi connectivity index (χ4n) is 1.69. The normalized spacial score (nSPS) is 9.50. The van der Waals surface area contributed by atoms with Gasteiger partial charge in [0.05, 0.1) is 18.2 Å². The van der Waals surface area contributed by atoms with Crippen molar-refractivity contribution in [1.82, 2.24) is 0 Å². The summed E-state index contributed by atoms with van der Waals surface area (Å²) in [6.07, 6.45) is 0. The molecule has 0 heterocycles. The van der Waals surface area contributed by atoms with Crippen LogP contribution >= 0.6 is 31.9 Å². The van der Waals surface area contributed by atoms with Gasteiger partial charge < -0.3 is 14.9 Å². The third kappa shape index (κ3) is 14.2. The molecule has 12 heteroatoms. The lowest BCUT2D eigenvalue weighted by Crippen LogP contribution is -2.01. The molecular weight excluding hydrogens is 552 g/mol. The van der Waals surface area contributed by atoms with Gasteiger partial charge in [0.1, 0.15) is 0 Å². The average molecular weight is 574 g/mol. The van der Waals surface area contributed by atoms with Crippen LogP contribution in [0.2, 0.25) is 0 Å². The molecule has 0 amide bonds. The standard InChI is InChI=1S/C9H9BrO2.C8H7BrO2.CH4O.H2O4S/c1-6-3-4-7(8(10)5-6)9(11)12-2;1-5-2-3-6(8(10)11)7(9)4-5;1-2;1-5(2,3)4/h3-5H,1-2H3;2-4H,1H3,(H,10,11);2H,1H3;(H2,1,2,3,4). The van der Waals surface area contributed by atoms with E-state index < -0.39 is 16.4 Å². The molecule has 0 aliphatic rings. The van der Waals surface area contributed by atoms with E-state index in [0.717, 1.165) is 22.7 Å². The smallest absolute Gasteiger partial charge is 0.394 e. The molecule has 9 nitrogen and oxygen atoms in total. The van der Waals surface area contributed by atoms with Gasteiger partial charge in [0.2, 0.25) is 0 Å². The molecule has 0 aliphatic heterocycles. The second-order valence-corrected chi connectivity index (χ2v) is 7.82. The summed E-state index contributed by atoms with van der Waals surface area (Å²) >= 11 is 6.45. The largest absolute Gasteiger partial charge is 0.478 e. The van der Waals surface area contributed by atoms with Gasteiger partial charge in [-0.25, -0.2) is 9.59 Å². The number of carboxylic acid groups (broad SMARTS) is 1. The number of hydrogen-bond donors (Lipinski definition) is 4. The maximum absolute atomic E-state index is 11.1. The van der Waals surface area contributed by atoms with E-state index in [1.165, 1.54) is 7.11 Å². The first-order chi connectivity index (χ1) is 13.8. The summed E-state index contributed by atoms with van der Waals surface area (Å²) in [5.41, 5.74) is 3.01. The number of carbonyl (C=O) groups is 2. The van der Waals surface area contributed by atoms with Gasteiger partial charge in [-0.2, -0.15) is 8.42 Å². The van der Waals surface area contributed by atoms with Gasteiger partial charge in [0.15, 0.2) is 0 Å². The number of aromatic carboxylic acids is 1. The first kappa shape index (κ1) is 30.4. The summed E-state index contributed by atoms with van der Waals surface area (Å²) in [4.78, 5) is 21.6. The summed E-state index contributed by atoms with van der Waals surface area (Å²) in [7, 11) is -2.30. The molecule has 0 aromatic heterocycles. The van der Waals surface area contributed by atoms with Gasteiger partial charge in [-0.15, -0.1) is 0 Å². The molecule has 0 spiro atoms. The molecule has 2 aromatic rings. The topological polar surface area (TPSA) is 158 Å². The second-order valence-electron chi connectivity index (χ2n) is 5.21. The first-order valence-corrected chi connectivity index (χ1v) is 10.7. The average Bonchev–Trinajstić information content (AvgIpc) is 2.61. The maximum Gasteiger partial charge on any atom is 0.394 e. The van der Waals surface area contributed by atoms with E-state index in [2.05, 4.69) is 36.6 Å². The van der Waals surface area contributed by atoms with Crippen molar-refractivity contribution in [2.45, 2.75) is 13.8 Å². The van der Waals surface area contributed by atoms with Gasteiger partial charge in [-0.1, -0.05) is 12.1 Å². The predicted molar refractivity (Wildman–Crippen MR) is 118 cm³/mol. The summed E-state index contributed by atoms with van der Waals surface area (Å²) in [5, 5.41) is 15.6. The highest BCUT2D eigenvalue weighted by molar-refractivity contribution is 9.10. The lowest BCUT2D eigenvalue weighted by Gasteiger charge is -2.02. The predicted octanol–water partition coefficient (Wildman–Crippen LogP) is 3.96. The lowest BCUT2D eigenvalue weighted by atomic mass is 10.1. The number of methoxy groups -OCH3 is 1. The number of carbonyl (C=O) groups excluding carboxylic acids is 1. The van der Waals surface area contributed by atoms with Crippen molar-refractivity contribution in [2.75, 3.05) is 14.2 Å². The number of ether oxygens (including phenoxy) is 1. The molecule has 0 bridgehead atoms. The minimum absolute atomic E-state index is 0.301. The zero-order valence-corrected chi connectivity index (χ0v) is 20.4. The quantitative estimate of drug-likeness (QED) is 0.308. The van der Waals surface area contributed by atoms with Crippen molar-refractivity contribution in [2.24, 2.45) is 0 Å². The minimum atomic E-state index is -4.67. The lowest BCUT2D eigenvalue weighted by molar-refractivity contribution is 0.0598. The number of aliphatic hydroxyl groups is 1. The van der Waals surface area contributed by atoms with Crippen LogP contribution in [0.3, 0.4) is 0 Å². The Labute approximate surface area is 191 Å². The number of aryl methyl sites for hydroxylation is 2. The molecule has 4 N–H and O–H groups in total. The highest BCUT2D eigenvalue weighted by Crippen LogP contribution is 2.19. The Kier molecular flexibility index (Phi) is 15.2. The molecule has 2 rings (SSSR count). The fourth-order valence-corrected chi connectivity index (χ4v) is 3.01. The van der Waals surface area contributed by atoms with Crippen molar-refractivity contribution in [3.8, 4) is 0 Å². The molecule has 0 unspecified atom stereocenters. The van der Waals surface area contributed by atoms with E-state index in [1.807, 2.05) is 26.0 Å². The highest BCUT2D eigenvalue weighted by Gasteiger charge is 2.08. The van der Waals surface area contributed by atoms with Crippen molar-refractivity contribution < 1.29 is 42.1 Å². The van der Waals surface area contributed by atoms with E-state index in [4.69, 9.17) is 27.7 Å². The van der Waals surface area contributed by atoms with E-state index >= 15 is 0 Å². The third-order valence-electron chi connectivity index (χ3n) is 2.88. The van der Waals surface area contributed by atoms with Crippen LogP contribution in [-0.4, -0.2) is 53.9 Å². The SMILES string of the molecule is CO.COC(=O)c1ccc(C)cc1Br.Cc1ccc(C(=O)O)c(Br)c1.O=S(=O)(O)O. The second kappa shape index (κ2) is 15.0. The number of carboxylic acids is 1. The molecule has 168 valence electrons. The summed E-state index contributed by atoms with van der Waals surface area (Å²) in [6.45, 7) is 3.88. The Morgan fingerprint density at radius 3 is 1.47 bits per heavy atom. The number of aliphatic hydroxyl groups excluding tert-OH is 1. The Hall–Kier alpha value is -1.83. The van der Waals surface area contributed by atoms with Crippen LogP contribution in [0.15, 0.2) is 45.3 Å². The Balaban J connectivity index is 0. The van der Waals surface area contributed by atoms with Gasteiger partial charge in [0.25, 0.3) is 0 Å². The van der Waals surface area contributed by atoms with Gasteiger partial charge in [-0.3, -0.25) is 9.11 Å². The van der Waals surface area contributed by atoms with Crippen molar-refractivity contribution in [3.05, 3.63) is 67.6 Å². The summed E-state index contributed by atoms with van der Waals surface area (Å²) in [5.74, 6) is -1.22. The van der Waals surface area contributed by atoms with Crippen molar-refractivity contribution >= 4 is 54.2 Å². The molecule has 0 fully saturated rings. The third-order valence-corrected chi connectivity index (χ3v) is 4.20. The summed E-state index contributed by atoms with van der Waals surface area (Å²) < 4.78 is 37.6. The van der Waals surface area contributed by atoms with E-state index in [0.29, 0.717) is 15.6 Å².